The average molecular weight is 248 g/mol. The Morgan fingerprint density at radius 1 is 1.00 bits per heavy atom. The highest BCUT2D eigenvalue weighted by molar-refractivity contribution is 7.99. The summed E-state index contributed by atoms with van der Waals surface area (Å²) in [5.41, 5.74) is 0.545. The van der Waals surface area contributed by atoms with E-state index in [1.54, 1.807) is 23.9 Å². The molecule has 0 spiro atoms. The molecule has 0 aliphatic carbocycles. The minimum Gasteiger partial charge on any atom is -0.0885 e. The maximum Gasteiger partial charge on any atom is 0.385 e. The summed E-state index contributed by atoms with van der Waals surface area (Å²) in [6.07, 6.45) is 0. The lowest BCUT2D eigenvalue weighted by molar-refractivity contribution is 1.40. The van der Waals surface area contributed by atoms with Crippen LogP contribution in [0.2, 0.25) is 5.02 Å². The molecule has 0 amide bonds. The SMILES string of the molecule is N#[N+]c1ccc(Sc2ccccc2Cl)cc1. The average Bonchev–Trinajstić information content (AvgIpc) is 2.33. The molecule has 0 N–H and O–H groups in total. The summed E-state index contributed by atoms with van der Waals surface area (Å²) in [4.78, 5) is 5.17. The second-order valence-corrected chi connectivity index (χ2v) is 4.65. The van der Waals surface area contributed by atoms with Crippen LogP contribution in [0.3, 0.4) is 0 Å². The molecule has 0 radical (unpaired) electrons. The maximum atomic E-state index is 8.56. The molecule has 78 valence electrons. The van der Waals surface area contributed by atoms with Gasteiger partial charge in [-0.1, -0.05) is 35.5 Å². The van der Waals surface area contributed by atoms with Crippen molar-refractivity contribution in [3.05, 3.63) is 58.5 Å². The Morgan fingerprint density at radius 3 is 2.31 bits per heavy atom. The molecule has 2 nitrogen and oxygen atoms in total. The molecule has 0 aromatic heterocycles. The van der Waals surface area contributed by atoms with Gasteiger partial charge in [0.2, 0.25) is 5.39 Å². The number of diazo groups is 1. The highest BCUT2D eigenvalue weighted by atomic mass is 35.5. The van der Waals surface area contributed by atoms with E-state index in [0.29, 0.717) is 5.69 Å². The topological polar surface area (TPSA) is 28.1 Å². The Labute approximate surface area is 103 Å². The molecule has 2 aromatic carbocycles. The molecule has 16 heavy (non-hydrogen) atoms. The van der Waals surface area contributed by atoms with Crippen LogP contribution in [0, 0.1) is 5.39 Å². The third kappa shape index (κ3) is 2.54. The second kappa shape index (κ2) is 5.02. The number of hydrogen-bond donors (Lipinski definition) is 0. The van der Waals surface area contributed by atoms with E-state index in [4.69, 9.17) is 17.0 Å². The molecule has 0 heterocycles. The fourth-order valence-electron chi connectivity index (χ4n) is 1.24. The molecular formula is C12H8ClN2S+. The minimum atomic E-state index is 0.545. The Kier molecular flexibility index (Phi) is 3.45. The van der Waals surface area contributed by atoms with E-state index in [2.05, 4.69) is 4.98 Å². The fourth-order valence-corrected chi connectivity index (χ4v) is 2.33. The Balaban J connectivity index is 2.22. The van der Waals surface area contributed by atoms with Gasteiger partial charge in [0.05, 0.1) is 5.02 Å². The highest BCUT2D eigenvalue weighted by Crippen LogP contribution is 2.33. The van der Waals surface area contributed by atoms with Gasteiger partial charge in [0.25, 0.3) is 0 Å². The van der Waals surface area contributed by atoms with Gasteiger partial charge in [-0.15, -0.1) is 0 Å². The van der Waals surface area contributed by atoms with Crippen molar-refractivity contribution in [3.8, 4) is 0 Å². The molecule has 0 unspecified atom stereocenters. The van der Waals surface area contributed by atoms with Gasteiger partial charge in [-0.3, -0.25) is 0 Å². The van der Waals surface area contributed by atoms with Gasteiger partial charge in [0.15, 0.2) is 4.98 Å². The monoisotopic (exact) mass is 247 g/mol. The van der Waals surface area contributed by atoms with Gasteiger partial charge in [-0.05, 0) is 24.3 Å². The number of nitrogens with zero attached hydrogens (tertiary/aromatic N) is 2. The summed E-state index contributed by atoms with van der Waals surface area (Å²) in [7, 11) is 0. The molecule has 2 aromatic rings. The van der Waals surface area contributed by atoms with Crippen LogP contribution in [0.5, 0.6) is 0 Å². The smallest absolute Gasteiger partial charge is 0.0885 e. The summed E-state index contributed by atoms with van der Waals surface area (Å²) in [6.45, 7) is 0. The maximum absolute atomic E-state index is 8.56. The minimum absolute atomic E-state index is 0.545. The van der Waals surface area contributed by atoms with E-state index in [-0.39, 0.29) is 0 Å². The molecule has 0 saturated heterocycles. The van der Waals surface area contributed by atoms with E-state index in [9.17, 15) is 0 Å². The van der Waals surface area contributed by atoms with E-state index in [1.807, 2.05) is 36.4 Å². The van der Waals surface area contributed by atoms with Crippen LogP contribution in [0.1, 0.15) is 0 Å². The van der Waals surface area contributed by atoms with Crippen molar-refractivity contribution in [2.24, 2.45) is 0 Å². The Bertz CT molecular complexity index is 531. The van der Waals surface area contributed by atoms with Crippen LogP contribution in [-0.4, -0.2) is 0 Å². The molecule has 2 rings (SSSR count). The lowest BCUT2D eigenvalue weighted by Crippen LogP contribution is -1.74. The Hall–Kier alpha value is -1.50. The third-order valence-corrected chi connectivity index (χ3v) is 3.54. The van der Waals surface area contributed by atoms with Crippen molar-refractivity contribution in [2.75, 3.05) is 0 Å². The van der Waals surface area contributed by atoms with Gasteiger partial charge in [-0.25, -0.2) is 0 Å². The summed E-state index contributed by atoms with van der Waals surface area (Å²) in [5.74, 6) is 0. The number of hydrogen-bond acceptors (Lipinski definition) is 2. The molecule has 0 saturated carbocycles. The van der Waals surface area contributed by atoms with Crippen molar-refractivity contribution in [2.45, 2.75) is 9.79 Å². The van der Waals surface area contributed by atoms with Gasteiger partial charge < -0.3 is 0 Å². The molecule has 0 atom stereocenters. The molecule has 4 heteroatoms. The van der Waals surface area contributed by atoms with Crippen molar-refractivity contribution in [1.82, 2.24) is 0 Å². The summed E-state index contributed by atoms with van der Waals surface area (Å²) in [5, 5.41) is 9.30. The second-order valence-electron chi connectivity index (χ2n) is 3.13. The van der Waals surface area contributed by atoms with Crippen LogP contribution in [0.15, 0.2) is 58.3 Å². The predicted octanol–water partition coefficient (Wildman–Crippen LogP) is 4.98. The third-order valence-electron chi connectivity index (χ3n) is 2.02. The quantitative estimate of drug-likeness (QED) is 0.701. The fraction of sp³-hybridized carbons (Fsp3) is 0. The van der Waals surface area contributed by atoms with E-state index in [1.165, 1.54) is 0 Å². The number of rotatable bonds is 2. The van der Waals surface area contributed by atoms with Gasteiger partial charge in [-0.2, -0.15) is 0 Å². The highest BCUT2D eigenvalue weighted by Gasteiger charge is 2.05. The summed E-state index contributed by atoms with van der Waals surface area (Å²) >= 11 is 7.63. The Morgan fingerprint density at radius 2 is 1.69 bits per heavy atom. The first-order chi connectivity index (χ1) is 7.79. The first-order valence-electron chi connectivity index (χ1n) is 4.67. The molecule has 0 aliphatic rings. The molecule has 0 fully saturated rings. The van der Waals surface area contributed by atoms with Crippen molar-refractivity contribution < 1.29 is 0 Å². The summed E-state index contributed by atoms with van der Waals surface area (Å²) < 4.78 is 0. The molecule has 0 bridgehead atoms. The first kappa shape index (κ1) is 11.0. The van der Waals surface area contributed by atoms with Crippen LogP contribution in [-0.2, 0) is 0 Å². The van der Waals surface area contributed by atoms with Crippen molar-refractivity contribution in [1.29, 1.82) is 5.39 Å². The zero-order valence-electron chi connectivity index (χ0n) is 8.30. The first-order valence-corrected chi connectivity index (χ1v) is 5.86. The van der Waals surface area contributed by atoms with Crippen molar-refractivity contribution >= 4 is 29.1 Å². The van der Waals surface area contributed by atoms with Crippen molar-refractivity contribution in [3.63, 3.8) is 0 Å². The summed E-state index contributed by atoms with van der Waals surface area (Å²) in [6, 6.07) is 15.0. The van der Waals surface area contributed by atoms with Crippen LogP contribution < -0.4 is 0 Å². The van der Waals surface area contributed by atoms with E-state index >= 15 is 0 Å². The number of halogens is 1. The lowest BCUT2D eigenvalue weighted by Gasteiger charge is -2.02. The van der Waals surface area contributed by atoms with Crippen LogP contribution in [0.25, 0.3) is 4.98 Å². The van der Waals surface area contributed by atoms with Gasteiger partial charge in [0.1, 0.15) is 0 Å². The van der Waals surface area contributed by atoms with Gasteiger partial charge in [0, 0.05) is 21.9 Å². The van der Waals surface area contributed by atoms with Crippen LogP contribution in [0.4, 0.5) is 5.69 Å². The van der Waals surface area contributed by atoms with Gasteiger partial charge >= 0.3 is 5.69 Å². The van der Waals surface area contributed by atoms with E-state index < -0.39 is 0 Å². The zero-order valence-corrected chi connectivity index (χ0v) is 9.87. The van der Waals surface area contributed by atoms with Crippen LogP contribution >= 0.6 is 23.4 Å². The number of benzene rings is 2. The lowest BCUT2D eigenvalue weighted by atomic mass is 10.3. The molecular weight excluding hydrogens is 240 g/mol. The predicted molar refractivity (Wildman–Crippen MR) is 66.8 cm³/mol. The standard InChI is InChI=1S/C12H8ClN2S/c13-11-3-1-2-4-12(11)16-10-7-5-9(15-14)6-8-10/h1-8H/q+1. The zero-order chi connectivity index (χ0) is 11.4. The molecule has 0 aliphatic heterocycles. The normalized spacial score (nSPS) is 9.75. The van der Waals surface area contributed by atoms with E-state index in [0.717, 1.165) is 14.8 Å². The largest absolute Gasteiger partial charge is 0.385 e.